The van der Waals surface area contributed by atoms with Gasteiger partial charge in [0.05, 0.1) is 0 Å². The van der Waals surface area contributed by atoms with E-state index in [-0.39, 0.29) is 6.04 Å². The summed E-state index contributed by atoms with van der Waals surface area (Å²) in [6.07, 6.45) is 2.57. The van der Waals surface area contributed by atoms with Gasteiger partial charge in [-0.2, -0.15) is 4.31 Å². The Morgan fingerprint density at radius 3 is 2.43 bits per heavy atom. The average Bonchev–Trinajstić information content (AvgIpc) is 2.85. The molecule has 1 heterocycles. The molecule has 0 saturated heterocycles. The number of nitrogens with one attached hydrogen (secondary N) is 1. The molecule has 0 unspecified atom stereocenters. The van der Waals surface area contributed by atoms with E-state index < -0.39 is 10.0 Å². The van der Waals surface area contributed by atoms with Crippen LogP contribution in [0.5, 0.6) is 0 Å². The van der Waals surface area contributed by atoms with Crippen molar-refractivity contribution in [3.8, 4) is 0 Å². The number of nitrogens with zero attached hydrogens (tertiary/aromatic N) is 2. The summed E-state index contributed by atoms with van der Waals surface area (Å²) in [6, 6.07) is 1.77. The van der Waals surface area contributed by atoms with E-state index in [0.717, 1.165) is 25.2 Å². The van der Waals surface area contributed by atoms with Gasteiger partial charge in [-0.25, -0.2) is 8.42 Å². The van der Waals surface area contributed by atoms with Crippen LogP contribution in [0.1, 0.15) is 46.7 Å². The summed E-state index contributed by atoms with van der Waals surface area (Å²) in [6.45, 7) is 12.8. The van der Waals surface area contributed by atoms with E-state index in [1.54, 1.807) is 16.6 Å². The molecule has 1 rings (SSSR count). The number of hydrogen-bond donors (Lipinski definition) is 1. The Hall–Kier alpha value is -0.850. The third kappa shape index (κ3) is 4.31. The number of sulfonamides is 1. The van der Waals surface area contributed by atoms with Crippen molar-refractivity contribution in [2.75, 3.05) is 13.1 Å². The van der Waals surface area contributed by atoms with Gasteiger partial charge in [0.25, 0.3) is 0 Å². The van der Waals surface area contributed by atoms with Gasteiger partial charge in [0.1, 0.15) is 4.90 Å². The van der Waals surface area contributed by atoms with Crippen LogP contribution in [0.3, 0.4) is 0 Å². The SMILES string of the molecule is CCCN(C(C)C)S(=O)(=O)c1cc(CNCC)n(CC)c1. The van der Waals surface area contributed by atoms with Crippen LogP contribution in [0.25, 0.3) is 0 Å². The average molecular weight is 315 g/mol. The molecule has 6 heteroatoms. The summed E-state index contributed by atoms with van der Waals surface area (Å²) in [5.74, 6) is 0. The van der Waals surface area contributed by atoms with Gasteiger partial charge in [-0.05, 0) is 39.8 Å². The Morgan fingerprint density at radius 2 is 1.95 bits per heavy atom. The Morgan fingerprint density at radius 1 is 1.29 bits per heavy atom. The first kappa shape index (κ1) is 18.2. The molecule has 0 atom stereocenters. The molecule has 122 valence electrons. The van der Waals surface area contributed by atoms with E-state index in [1.807, 2.05) is 39.2 Å². The molecule has 0 aliphatic carbocycles. The van der Waals surface area contributed by atoms with E-state index in [2.05, 4.69) is 5.32 Å². The fourth-order valence-electron chi connectivity index (χ4n) is 2.37. The van der Waals surface area contributed by atoms with Crippen LogP contribution >= 0.6 is 0 Å². The topological polar surface area (TPSA) is 54.3 Å². The molecule has 0 saturated carbocycles. The molecule has 1 aromatic rings. The van der Waals surface area contributed by atoms with Crippen LogP contribution in [0.15, 0.2) is 17.2 Å². The van der Waals surface area contributed by atoms with E-state index in [9.17, 15) is 8.42 Å². The maximum atomic E-state index is 12.8. The first-order chi connectivity index (χ1) is 9.88. The molecular formula is C15H29N3O2S. The fraction of sp³-hybridized carbons (Fsp3) is 0.733. The molecule has 1 aromatic heterocycles. The molecule has 0 fully saturated rings. The largest absolute Gasteiger partial charge is 0.349 e. The van der Waals surface area contributed by atoms with Crippen LogP contribution in [-0.2, 0) is 23.1 Å². The van der Waals surface area contributed by atoms with Crippen LogP contribution in [0.4, 0.5) is 0 Å². The zero-order chi connectivity index (χ0) is 16.0. The highest BCUT2D eigenvalue weighted by atomic mass is 32.2. The third-order valence-corrected chi connectivity index (χ3v) is 5.52. The highest BCUT2D eigenvalue weighted by Gasteiger charge is 2.27. The molecule has 0 aliphatic heterocycles. The molecule has 21 heavy (non-hydrogen) atoms. The van der Waals surface area contributed by atoms with Gasteiger partial charge in [0.15, 0.2) is 0 Å². The van der Waals surface area contributed by atoms with Crippen LogP contribution in [0.2, 0.25) is 0 Å². The molecule has 0 aromatic carbocycles. The van der Waals surface area contributed by atoms with Gasteiger partial charge in [-0.3, -0.25) is 0 Å². The van der Waals surface area contributed by atoms with Gasteiger partial charge in [0.2, 0.25) is 10.0 Å². The van der Waals surface area contributed by atoms with Gasteiger partial charge >= 0.3 is 0 Å². The van der Waals surface area contributed by atoms with E-state index in [4.69, 9.17) is 0 Å². The maximum absolute atomic E-state index is 12.8. The first-order valence-electron chi connectivity index (χ1n) is 7.80. The third-order valence-electron chi connectivity index (χ3n) is 3.48. The van der Waals surface area contributed by atoms with Crippen LogP contribution in [0, 0.1) is 0 Å². The summed E-state index contributed by atoms with van der Waals surface area (Å²) >= 11 is 0. The van der Waals surface area contributed by atoms with E-state index in [0.29, 0.717) is 18.0 Å². The van der Waals surface area contributed by atoms with Crippen molar-refractivity contribution in [1.29, 1.82) is 0 Å². The van der Waals surface area contributed by atoms with E-state index >= 15 is 0 Å². The minimum absolute atomic E-state index is 0.0304. The zero-order valence-corrected chi connectivity index (χ0v) is 14.7. The second-order valence-electron chi connectivity index (χ2n) is 5.44. The van der Waals surface area contributed by atoms with Gasteiger partial charge in [0, 0.05) is 37.6 Å². The van der Waals surface area contributed by atoms with Crippen molar-refractivity contribution in [1.82, 2.24) is 14.2 Å². The second kappa shape index (κ2) is 7.96. The van der Waals surface area contributed by atoms with Crippen molar-refractivity contribution >= 4 is 10.0 Å². The van der Waals surface area contributed by atoms with Crippen molar-refractivity contribution in [2.45, 2.75) is 65.1 Å². The normalized spacial score (nSPS) is 12.5. The molecular weight excluding hydrogens is 286 g/mol. The number of aromatic nitrogens is 1. The summed E-state index contributed by atoms with van der Waals surface area (Å²) < 4.78 is 29.2. The molecule has 1 N–H and O–H groups in total. The lowest BCUT2D eigenvalue weighted by Gasteiger charge is -2.24. The number of rotatable bonds is 9. The maximum Gasteiger partial charge on any atom is 0.244 e. The quantitative estimate of drug-likeness (QED) is 0.761. The highest BCUT2D eigenvalue weighted by molar-refractivity contribution is 7.89. The number of hydrogen-bond acceptors (Lipinski definition) is 3. The molecule has 5 nitrogen and oxygen atoms in total. The van der Waals surface area contributed by atoms with Crippen molar-refractivity contribution < 1.29 is 8.42 Å². The predicted octanol–water partition coefficient (Wildman–Crippen LogP) is 2.43. The number of aryl methyl sites for hydroxylation is 1. The predicted molar refractivity (Wildman–Crippen MR) is 86.8 cm³/mol. The Balaban J connectivity index is 3.15. The van der Waals surface area contributed by atoms with Crippen molar-refractivity contribution in [3.05, 3.63) is 18.0 Å². The van der Waals surface area contributed by atoms with Crippen LogP contribution < -0.4 is 5.32 Å². The molecule has 0 amide bonds. The van der Waals surface area contributed by atoms with Gasteiger partial charge in [-0.15, -0.1) is 0 Å². The standard InChI is InChI=1S/C15H29N3O2S/c1-6-9-18(13(4)5)21(19,20)15-10-14(11-16-7-2)17(8-3)12-15/h10,12-13,16H,6-9,11H2,1-5H3. The molecule has 0 aliphatic rings. The van der Waals surface area contributed by atoms with Gasteiger partial charge < -0.3 is 9.88 Å². The smallest absolute Gasteiger partial charge is 0.244 e. The summed E-state index contributed by atoms with van der Waals surface area (Å²) in [7, 11) is -3.41. The summed E-state index contributed by atoms with van der Waals surface area (Å²) in [5, 5.41) is 3.25. The van der Waals surface area contributed by atoms with Crippen molar-refractivity contribution in [2.24, 2.45) is 0 Å². The minimum Gasteiger partial charge on any atom is -0.349 e. The highest BCUT2D eigenvalue weighted by Crippen LogP contribution is 2.21. The Labute approximate surface area is 129 Å². The van der Waals surface area contributed by atoms with E-state index in [1.165, 1.54) is 0 Å². The second-order valence-corrected chi connectivity index (χ2v) is 7.33. The van der Waals surface area contributed by atoms with Gasteiger partial charge in [-0.1, -0.05) is 13.8 Å². The summed E-state index contributed by atoms with van der Waals surface area (Å²) in [4.78, 5) is 0.402. The summed E-state index contributed by atoms with van der Waals surface area (Å²) in [5.41, 5.74) is 1.01. The monoisotopic (exact) mass is 315 g/mol. The Kier molecular flexibility index (Phi) is 6.90. The minimum atomic E-state index is -3.41. The van der Waals surface area contributed by atoms with Crippen LogP contribution in [-0.4, -0.2) is 36.4 Å². The Bertz CT molecular complexity index is 535. The van der Waals surface area contributed by atoms with Crippen molar-refractivity contribution in [3.63, 3.8) is 0 Å². The molecule has 0 radical (unpaired) electrons. The zero-order valence-electron chi connectivity index (χ0n) is 13.9. The lowest BCUT2D eigenvalue weighted by Crippen LogP contribution is -2.37. The molecule has 0 spiro atoms. The lowest BCUT2D eigenvalue weighted by atomic mass is 10.4. The first-order valence-corrected chi connectivity index (χ1v) is 9.24. The lowest BCUT2D eigenvalue weighted by molar-refractivity contribution is 0.354. The molecule has 0 bridgehead atoms. The fourth-order valence-corrected chi connectivity index (χ4v) is 4.17.